The summed E-state index contributed by atoms with van der Waals surface area (Å²) in [7, 11) is -1.88. The van der Waals surface area contributed by atoms with Gasteiger partial charge in [-0.1, -0.05) is 91.1 Å². The Morgan fingerprint density at radius 1 is 0.917 bits per heavy atom. The van der Waals surface area contributed by atoms with Crippen LogP contribution < -0.4 is 0 Å². The lowest BCUT2D eigenvalue weighted by Gasteiger charge is -2.39. The third kappa shape index (κ3) is 5.41. The molecule has 0 aliphatic rings. The van der Waals surface area contributed by atoms with Crippen LogP contribution in [0.25, 0.3) is 0 Å². The fourth-order valence-electron chi connectivity index (χ4n) is 4.03. The number of benzene rings is 1. The molecule has 0 N–H and O–H groups in total. The van der Waals surface area contributed by atoms with Crippen LogP contribution in [0.5, 0.6) is 0 Å². The van der Waals surface area contributed by atoms with E-state index in [0.29, 0.717) is 22.5 Å². The first-order chi connectivity index (χ1) is 11.3. The van der Waals surface area contributed by atoms with Crippen molar-refractivity contribution in [3.8, 4) is 12.0 Å². The first-order valence-corrected chi connectivity index (χ1v) is 11.7. The first kappa shape index (κ1) is 20.8. The van der Waals surface area contributed by atoms with E-state index >= 15 is 0 Å². The molecular formula is C22H36OSi. The molecule has 1 rings (SSSR count). The molecule has 0 amide bonds. The van der Waals surface area contributed by atoms with E-state index in [-0.39, 0.29) is 0 Å². The van der Waals surface area contributed by atoms with Crippen LogP contribution >= 0.6 is 0 Å². The molecule has 0 heterocycles. The highest BCUT2D eigenvalue weighted by atomic mass is 28.4. The SMILES string of the molecule is CCCC(C#CO[Si](C(C)C)(C(C)C)C(C)C)Cc1ccccc1. The molecule has 0 aliphatic carbocycles. The zero-order valence-electron chi connectivity index (χ0n) is 16.7. The Labute approximate surface area is 151 Å². The summed E-state index contributed by atoms with van der Waals surface area (Å²) in [5.41, 5.74) is 3.09. The Balaban J connectivity index is 2.90. The summed E-state index contributed by atoms with van der Waals surface area (Å²) in [6, 6.07) is 10.7. The minimum Gasteiger partial charge on any atom is -0.500 e. The highest BCUT2D eigenvalue weighted by Gasteiger charge is 2.46. The van der Waals surface area contributed by atoms with Crippen molar-refractivity contribution in [1.82, 2.24) is 0 Å². The third-order valence-electron chi connectivity index (χ3n) is 5.16. The van der Waals surface area contributed by atoms with Crippen molar-refractivity contribution in [1.29, 1.82) is 0 Å². The normalized spacial score (nSPS) is 13.1. The summed E-state index contributed by atoms with van der Waals surface area (Å²) in [6.45, 7) is 16.1. The van der Waals surface area contributed by atoms with Gasteiger partial charge in [0.15, 0.2) is 0 Å². The highest BCUT2D eigenvalue weighted by Crippen LogP contribution is 2.41. The molecule has 0 aliphatic heterocycles. The molecule has 0 spiro atoms. The van der Waals surface area contributed by atoms with Crippen molar-refractivity contribution in [3.63, 3.8) is 0 Å². The fraction of sp³-hybridized carbons (Fsp3) is 0.636. The second-order valence-corrected chi connectivity index (χ2v) is 13.2. The lowest BCUT2D eigenvalue weighted by molar-refractivity contribution is 0.443. The van der Waals surface area contributed by atoms with Gasteiger partial charge in [-0.25, -0.2) is 0 Å². The van der Waals surface area contributed by atoms with Crippen molar-refractivity contribution in [2.24, 2.45) is 5.92 Å². The molecule has 0 fully saturated rings. The van der Waals surface area contributed by atoms with Gasteiger partial charge in [0.05, 0.1) is 6.11 Å². The van der Waals surface area contributed by atoms with Crippen LogP contribution in [-0.2, 0) is 10.8 Å². The van der Waals surface area contributed by atoms with Crippen molar-refractivity contribution in [2.45, 2.75) is 84.4 Å². The predicted octanol–water partition coefficient (Wildman–Crippen LogP) is 6.80. The zero-order chi connectivity index (χ0) is 18.2. The average molecular weight is 345 g/mol. The molecule has 0 saturated carbocycles. The first-order valence-electron chi connectivity index (χ1n) is 9.56. The van der Waals surface area contributed by atoms with Gasteiger partial charge in [-0.05, 0) is 35.0 Å². The molecule has 1 unspecified atom stereocenters. The molecule has 134 valence electrons. The molecule has 0 saturated heterocycles. The van der Waals surface area contributed by atoms with Gasteiger partial charge < -0.3 is 4.43 Å². The minimum atomic E-state index is -1.88. The zero-order valence-corrected chi connectivity index (χ0v) is 17.7. The summed E-state index contributed by atoms with van der Waals surface area (Å²) >= 11 is 0. The molecule has 24 heavy (non-hydrogen) atoms. The van der Waals surface area contributed by atoms with Crippen molar-refractivity contribution in [2.75, 3.05) is 0 Å². The van der Waals surface area contributed by atoms with E-state index in [1.54, 1.807) is 0 Å². The molecule has 1 aromatic carbocycles. The summed E-state index contributed by atoms with van der Waals surface area (Å²) in [5, 5.41) is 0. The minimum absolute atomic E-state index is 0.385. The van der Waals surface area contributed by atoms with E-state index < -0.39 is 8.32 Å². The molecule has 1 aromatic rings. The standard InChI is InChI=1S/C22H36OSi/c1-8-12-21(17-22-13-10-9-11-14-22)15-16-23-24(18(2)3,19(4)5)20(6)7/h9-11,13-14,18-21H,8,12,17H2,1-7H3. The van der Waals surface area contributed by atoms with Gasteiger partial charge in [0, 0.05) is 5.92 Å². The lowest BCUT2D eigenvalue weighted by atomic mass is 9.96. The monoisotopic (exact) mass is 344 g/mol. The lowest BCUT2D eigenvalue weighted by Crippen LogP contribution is -2.46. The van der Waals surface area contributed by atoms with E-state index in [4.69, 9.17) is 4.43 Å². The van der Waals surface area contributed by atoms with Gasteiger partial charge in [0.1, 0.15) is 0 Å². The quantitative estimate of drug-likeness (QED) is 0.372. The van der Waals surface area contributed by atoms with E-state index in [9.17, 15) is 0 Å². The second kappa shape index (κ2) is 9.94. The van der Waals surface area contributed by atoms with Crippen molar-refractivity contribution >= 4 is 8.32 Å². The number of rotatable bonds is 8. The van der Waals surface area contributed by atoms with E-state index in [0.717, 1.165) is 19.3 Å². The molecular weight excluding hydrogens is 308 g/mol. The van der Waals surface area contributed by atoms with Crippen LogP contribution in [-0.4, -0.2) is 8.32 Å². The maximum atomic E-state index is 6.41. The second-order valence-electron chi connectivity index (χ2n) is 7.84. The van der Waals surface area contributed by atoms with E-state index in [1.165, 1.54) is 5.56 Å². The Morgan fingerprint density at radius 2 is 1.46 bits per heavy atom. The third-order valence-corrected chi connectivity index (χ3v) is 11.0. The van der Waals surface area contributed by atoms with Gasteiger partial charge >= 0.3 is 0 Å². The summed E-state index contributed by atoms with van der Waals surface area (Å²) in [6.07, 6.45) is 6.50. The molecule has 1 nitrogen and oxygen atoms in total. The topological polar surface area (TPSA) is 9.23 Å². The molecule has 1 atom stereocenters. The Morgan fingerprint density at radius 3 is 1.92 bits per heavy atom. The van der Waals surface area contributed by atoms with Crippen LogP contribution in [0, 0.1) is 17.9 Å². The Hall–Kier alpha value is -1.20. The van der Waals surface area contributed by atoms with Gasteiger partial charge in [-0.2, -0.15) is 0 Å². The van der Waals surface area contributed by atoms with E-state index in [1.807, 2.05) is 0 Å². The predicted molar refractivity (Wildman–Crippen MR) is 108 cm³/mol. The smallest absolute Gasteiger partial charge is 0.272 e. The number of hydrogen-bond acceptors (Lipinski definition) is 1. The molecule has 0 radical (unpaired) electrons. The Kier molecular flexibility index (Phi) is 8.63. The molecule has 0 aromatic heterocycles. The van der Waals surface area contributed by atoms with Gasteiger partial charge in [-0.15, -0.1) is 0 Å². The van der Waals surface area contributed by atoms with Crippen LogP contribution in [0.1, 0.15) is 66.9 Å². The molecule has 0 bridgehead atoms. The summed E-state index contributed by atoms with van der Waals surface area (Å²) < 4.78 is 6.41. The van der Waals surface area contributed by atoms with Crippen LogP contribution in [0.15, 0.2) is 30.3 Å². The van der Waals surface area contributed by atoms with Crippen molar-refractivity contribution in [3.05, 3.63) is 35.9 Å². The van der Waals surface area contributed by atoms with Gasteiger partial charge in [-0.3, -0.25) is 0 Å². The van der Waals surface area contributed by atoms with E-state index in [2.05, 4.69) is 90.8 Å². The average Bonchev–Trinajstić information content (AvgIpc) is 2.51. The van der Waals surface area contributed by atoms with Crippen LogP contribution in [0.4, 0.5) is 0 Å². The summed E-state index contributed by atoms with van der Waals surface area (Å²) in [5.74, 6) is 3.84. The van der Waals surface area contributed by atoms with Gasteiger partial charge in [0.2, 0.25) is 0 Å². The van der Waals surface area contributed by atoms with Crippen molar-refractivity contribution < 1.29 is 4.43 Å². The highest BCUT2D eigenvalue weighted by molar-refractivity contribution is 6.77. The summed E-state index contributed by atoms with van der Waals surface area (Å²) in [4.78, 5) is 0. The maximum absolute atomic E-state index is 6.41. The van der Waals surface area contributed by atoms with Crippen LogP contribution in [0.3, 0.4) is 0 Å². The van der Waals surface area contributed by atoms with Crippen LogP contribution in [0.2, 0.25) is 16.6 Å². The molecule has 2 heteroatoms. The maximum Gasteiger partial charge on any atom is 0.272 e. The largest absolute Gasteiger partial charge is 0.500 e. The Bertz CT molecular complexity index is 500. The fourth-order valence-corrected chi connectivity index (χ4v) is 8.97. The van der Waals surface area contributed by atoms with Gasteiger partial charge in [0.25, 0.3) is 8.32 Å². The number of hydrogen-bond donors (Lipinski definition) is 0.